The van der Waals surface area contributed by atoms with Gasteiger partial charge in [-0.1, -0.05) is 18.2 Å². The Labute approximate surface area is 101 Å². The predicted molar refractivity (Wildman–Crippen MR) is 65.0 cm³/mol. The van der Waals surface area contributed by atoms with Crippen molar-refractivity contribution in [2.75, 3.05) is 11.5 Å². The maximum absolute atomic E-state index is 13.6. The Bertz CT molecular complexity index is 525. The molecular formula is C12H16FNO2S. The molecule has 1 atom stereocenters. The van der Waals surface area contributed by atoms with Crippen molar-refractivity contribution in [2.24, 2.45) is 0 Å². The lowest BCUT2D eigenvalue weighted by molar-refractivity contribution is 0.354. The third-order valence-electron chi connectivity index (χ3n) is 2.85. The van der Waals surface area contributed by atoms with Crippen LogP contribution in [0.1, 0.15) is 25.5 Å². The molecule has 0 bridgehead atoms. The number of halogens is 1. The number of nitrogens with one attached hydrogen (secondary N) is 1. The first-order valence-electron chi connectivity index (χ1n) is 5.52. The molecule has 2 rings (SSSR count). The van der Waals surface area contributed by atoms with Crippen LogP contribution in [0.3, 0.4) is 0 Å². The van der Waals surface area contributed by atoms with Gasteiger partial charge in [0.15, 0.2) is 9.84 Å². The standard InChI is InChI=1S/C12H16FNO2S/c1-12(2)8-17(15,16)7-11(14-12)9-5-3-4-6-10(9)13/h3-6,11,14H,7-8H2,1-2H3. The Kier molecular flexibility index (Phi) is 2.99. The van der Waals surface area contributed by atoms with Crippen LogP contribution in [-0.2, 0) is 9.84 Å². The molecule has 1 aliphatic heterocycles. The largest absolute Gasteiger partial charge is 0.303 e. The van der Waals surface area contributed by atoms with Gasteiger partial charge >= 0.3 is 0 Å². The Morgan fingerprint density at radius 2 is 2.00 bits per heavy atom. The van der Waals surface area contributed by atoms with E-state index in [9.17, 15) is 12.8 Å². The zero-order valence-corrected chi connectivity index (χ0v) is 10.7. The first kappa shape index (κ1) is 12.5. The van der Waals surface area contributed by atoms with Crippen molar-refractivity contribution in [3.63, 3.8) is 0 Å². The van der Waals surface area contributed by atoms with E-state index in [1.54, 1.807) is 18.2 Å². The van der Waals surface area contributed by atoms with Crippen molar-refractivity contribution >= 4 is 9.84 Å². The highest BCUT2D eigenvalue weighted by molar-refractivity contribution is 7.91. The summed E-state index contributed by atoms with van der Waals surface area (Å²) in [5.74, 6) is -0.319. The summed E-state index contributed by atoms with van der Waals surface area (Å²) in [6.45, 7) is 3.63. The van der Waals surface area contributed by atoms with E-state index in [-0.39, 0.29) is 17.3 Å². The first-order chi connectivity index (χ1) is 7.79. The average molecular weight is 257 g/mol. The van der Waals surface area contributed by atoms with Gasteiger partial charge in [0.05, 0.1) is 11.5 Å². The smallest absolute Gasteiger partial charge is 0.153 e. The minimum Gasteiger partial charge on any atom is -0.303 e. The lowest BCUT2D eigenvalue weighted by Crippen LogP contribution is -2.54. The fourth-order valence-corrected chi connectivity index (χ4v) is 4.41. The molecule has 5 heteroatoms. The second-order valence-corrected chi connectivity index (χ2v) is 7.27. The number of benzene rings is 1. The molecule has 0 aromatic heterocycles. The molecule has 0 aliphatic carbocycles. The van der Waals surface area contributed by atoms with Gasteiger partial charge in [-0.25, -0.2) is 12.8 Å². The number of hydrogen-bond acceptors (Lipinski definition) is 3. The van der Waals surface area contributed by atoms with Crippen molar-refractivity contribution < 1.29 is 12.8 Å². The summed E-state index contributed by atoms with van der Waals surface area (Å²) in [7, 11) is -3.13. The number of rotatable bonds is 1. The van der Waals surface area contributed by atoms with Crippen molar-refractivity contribution in [3.05, 3.63) is 35.6 Å². The lowest BCUT2D eigenvalue weighted by atomic mass is 10.0. The summed E-state index contributed by atoms with van der Waals surface area (Å²) in [4.78, 5) is 0. The van der Waals surface area contributed by atoms with Gasteiger partial charge in [0, 0.05) is 17.1 Å². The maximum atomic E-state index is 13.6. The van der Waals surface area contributed by atoms with Gasteiger partial charge in [0.2, 0.25) is 0 Å². The minimum absolute atomic E-state index is 0.0443. The van der Waals surface area contributed by atoms with Crippen LogP contribution in [0.4, 0.5) is 4.39 Å². The quantitative estimate of drug-likeness (QED) is 0.832. The predicted octanol–water partition coefficient (Wildman–Crippen LogP) is 1.66. The maximum Gasteiger partial charge on any atom is 0.153 e. The van der Waals surface area contributed by atoms with Gasteiger partial charge in [-0.3, -0.25) is 0 Å². The third kappa shape index (κ3) is 2.84. The Morgan fingerprint density at radius 1 is 1.35 bits per heavy atom. The van der Waals surface area contributed by atoms with E-state index >= 15 is 0 Å². The molecule has 1 aromatic carbocycles. The fourth-order valence-electron chi connectivity index (χ4n) is 2.34. The summed E-state index contributed by atoms with van der Waals surface area (Å²) in [5, 5.41) is 3.19. The van der Waals surface area contributed by atoms with Crippen LogP contribution in [0.2, 0.25) is 0 Å². The van der Waals surface area contributed by atoms with E-state index in [1.165, 1.54) is 6.07 Å². The highest BCUT2D eigenvalue weighted by Gasteiger charge is 2.37. The Morgan fingerprint density at radius 3 is 2.59 bits per heavy atom. The molecule has 1 fully saturated rings. The van der Waals surface area contributed by atoms with Gasteiger partial charge in [-0.05, 0) is 19.9 Å². The van der Waals surface area contributed by atoms with Gasteiger partial charge in [0.25, 0.3) is 0 Å². The molecular weight excluding hydrogens is 241 g/mol. The van der Waals surface area contributed by atoms with Gasteiger partial charge < -0.3 is 5.32 Å². The van der Waals surface area contributed by atoms with E-state index in [1.807, 2.05) is 13.8 Å². The monoisotopic (exact) mass is 257 g/mol. The summed E-state index contributed by atoms with van der Waals surface area (Å²) in [5.41, 5.74) is -0.104. The molecule has 3 nitrogen and oxygen atoms in total. The van der Waals surface area contributed by atoms with E-state index in [0.29, 0.717) is 5.56 Å². The van der Waals surface area contributed by atoms with Crippen LogP contribution in [0, 0.1) is 5.82 Å². The van der Waals surface area contributed by atoms with Crippen molar-refractivity contribution in [2.45, 2.75) is 25.4 Å². The zero-order chi connectivity index (χ0) is 12.7. The van der Waals surface area contributed by atoms with E-state index in [2.05, 4.69) is 5.32 Å². The molecule has 1 aromatic rings. The van der Waals surface area contributed by atoms with Crippen LogP contribution in [0.25, 0.3) is 0 Å². The van der Waals surface area contributed by atoms with Crippen LogP contribution in [0.5, 0.6) is 0 Å². The second kappa shape index (κ2) is 4.07. The van der Waals surface area contributed by atoms with E-state index in [0.717, 1.165) is 0 Å². The Balaban J connectivity index is 2.37. The molecule has 1 N–H and O–H groups in total. The van der Waals surface area contributed by atoms with Crippen LogP contribution >= 0.6 is 0 Å². The highest BCUT2D eigenvalue weighted by Crippen LogP contribution is 2.27. The number of hydrogen-bond donors (Lipinski definition) is 1. The van der Waals surface area contributed by atoms with Crippen LogP contribution in [0.15, 0.2) is 24.3 Å². The minimum atomic E-state index is -3.13. The molecule has 1 aliphatic rings. The topological polar surface area (TPSA) is 46.2 Å². The second-order valence-electron chi connectivity index (χ2n) is 5.16. The third-order valence-corrected chi connectivity index (χ3v) is 4.85. The molecule has 17 heavy (non-hydrogen) atoms. The molecule has 0 radical (unpaired) electrons. The highest BCUT2D eigenvalue weighted by atomic mass is 32.2. The van der Waals surface area contributed by atoms with E-state index in [4.69, 9.17) is 0 Å². The van der Waals surface area contributed by atoms with Gasteiger partial charge in [-0.2, -0.15) is 0 Å². The normalized spacial score (nSPS) is 26.6. The SMILES string of the molecule is CC1(C)CS(=O)(=O)CC(c2ccccc2F)N1. The zero-order valence-electron chi connectivity index (χ0n) is 9.90. The average Bonchev–Trinajstić information content (AvgIpc) is 2.13. The van der Waals surface area contributed by atoms with Gasteiger partial charge in [0.1, 0.15) is 5.82 Å². The van der Waals surface area contributed by atoms with Crippen molar-refractivity contribution in [1.29, 1.82) is 0 Å². The lowest BCUT2D eigenvalue weighted by Gasteiger charge is -2.37. The van der Waals surface area contributed by atoms with Crippen LogP contribution < -0.4 is 5.32 Å². The summed E-state index contributed by atoms with van der Waals surface area (Å²) in [6, 6.07) is 5.83. The molecule has 94 valence electrons. The summed E-state index contributed by atoms with van der Waals surface area (Å²) >= 11 is 0. The van der Waals surface area contributed by atoms with Gasteiger partial charge in [-0.15, -0.1) is 0 Å². The van der Waals surface area contributed by atoms with Crippen molar-refractivity contribution in [3.8, 4) is 0 Å². The summed E-state index contributed by atoms with van der Waals surface area (Å²) in [6.07, 6.45) is 0. The number of sulfone groups is 1. The fraction of sp³-hybridized carbons (Fsp3) is 0.500. The summed E-state index contributed by atoms with van der Waals surface area (Å²) < 4.78 is 37.2. The Hall–Kier alpha value is -0.940. The molecule has 0 spiro atoms. The first-order valence-corrected chi connectivity index (χ1v) is 7.34. The molecule has 1 unspecified atom stereocenters. The molecule has 0 amide bonds. The van der Waals surface area contributed by atoms with E-state index < -0.39 is 21.4 Å². The molecule has 1 saturated heterocycles. The molecule has 0 saturated carbocycles. The van der Waals surface area contributed by atoms with Crippen molar-refractivity contribution in [1.82, 2.24) is 5.32 Å². The molecule has 1 heterocycles. The van der Waals surface area contributed by atoms with Crippen LogP contribution in [-0.4, -0.2) is 25.5 Å².